The summed E-state index contributed by atoms with van der Waals surface area (Å²) in [6, 6.07) is 6.27. The van der Waals surface area contributed by atoms with Crippen LogP contribution in [0.15, 0.2) is 18.2 Å². The second-order valence-corrected chi connectivity index (χ2v) is 6.53. The van der Waals surface area contributed by atoms with Crippen LogP contribution in [0.25, 0.3) is 10.9 Å². The van der Waals surface area contributed by atoms with Crippen LogP contribution in [0, 0.1) is 19.3 Å². The van der Waals surface area contributed by atoms with Crippen molar-refractivity contribution in [1.82, 2.24) is 10.3 Å². The Morgan fingerprint density at radius 1 is 1.33 bits per heavy atom. The third kappa shape index (κ3) is 3.43. The zero-order chi connectivity index (χ0) is 16.4. The van der Waals surface area contributed by atoms with Crippen LogP contribution in [0.1, 0.15) is 29.7 Å². The predicted octanol–water partition coefficient (Wildman–Crippen LogP) is 2.58. The second-order valence-electron chi connectivity index (χ2n) is 6.53. The Kier molecular flexibility index (Phi) is 5.91. The van der Waals surface area contributed by atoms with Gasteiger partial charge in [0, 0.05) is 42.9 Å². The normalized spacial score (nSPS) is 16.6. The Bertz CT molecular complexity index is 720. The highest BCUT2D eigenvalue weighted by Gasteiger charge is 2.38. The summed E-state index contributed by atoms with van der Waals surface area (Å²) in [6.07, 6.45) is 1.40. The SMILES string of the molecule is Cc1[nH]c2ccc(CNC(=O)C3(CN)CCOCC3)cc2c1C.Cl. The van der Waals surface area contributed by atoms with Crippen LogP contribution in [0.5, 0.6) is 0 Å². The number of rotatable bonds is 4. The van der Waals surface area contributed by atoms with Gasteiger partial charge in [-0.25, -0.2) is 0 Å². The number of hydrogen-bond donors (Lipinski definition) is 3. The van der Waals surface area contributed by atoms with Gasteiger partial charge in [0.1, 0.15) is 0 Å². The molecule has 0 radical (unpaired) electrons. The second kappa shape index (κ2) is 7.55. The molecule has 5 nitrogen and oxygen atoms in total. The van der Waals surface area contributed by atoms with Gasteiger partial charge in [-0.15, -0.1) is 12.4 Å². The number of amides is 1. The summed E-state index contributed by atoms with van der Waals surface area (Å²) < 4.78 is 5.36. The minimum atomic E-state index is -0.469. The maximum atomic E-state index is 12.6. The van der Waals surface area contributed by atoms with E-state index < -0.39 is 5.41 Å². The molecule has 3 rings (SSSR count). The van der Waals surface area contributed by atoms with Crippen LogP contribution in [0.2, 0.25) is 0 Å². The number of ether oxygens (including phenoxy) is 1. The maximum Gasteiger partial charge on any atom is 0.227 e. The molecule has 6 heteroatoms. The lowest BCUT2D eigenvalue weighted by Crippen LogP contribution is -2.48. The number of fused-ring (bicyclic) bond motifs is 1. The summed E-state index contributed by atoms with van der Waals surface area (Å²) in [5.74, 6) is 0.0466. The molecular formula is C18H26ClN3O2. The van der Waals surface area contributed by atoms with Crippen molar-refractivity contribution in [2.75, 3.05) is 19.8 Å². The average Bonchev–Trinajstić information content (AvgIpc) is 2.87. The Balaban J connectivity index is 0.00000208. The van der Waals surface area contributed by atoms with Crippen molar-refractivity contribution in [1.29, 1.82) is 0 Å². The molecular weight excluding hydrogens is 326 g/mol. The van der Waals surface area contributed by atoms with Crippen molar-refractivity contribution in [3.8, 4) is 0 Å². The van der Waals surface area contributed by atoms with Gasteiger partial charge in [-0.2, -0.15) is 0 Å². The number of carbonyl (C=O) groups excluding carboxylic acids is 1. The van der Waals surface area contributed by atoms with Gasteiger partial charge in [0.15, 0.2) is 0 Å². The van der Waals surface area contributed by atoms with Gasteiger partial charge < -0.3 is 20.8 Å². The minimum Gasteiger partial charge on any atom is -0.381 e. The molecule has 0 saturated carbocycles. The monoisotopic (exact) mass is 351 g/mol. The summed E-state index contributed by atoms with van der Waals surface area (Å²) in [5.41, 5.74) is 10.1. The first-order valence-corrected chi connectivity index (χ1v) is 8.20. The number of aryl methyl sites for hydroxylation is 2. The molecule has 2 heterocycles. The molecule has 2 aromatic rings. The maximum absolute atomic E-state index is 12.6. The van der Waals surface area contributed by atoms with E-state index >= 15 is 0 Å². The minimum absolute atomic E-state index is 0. The fourth-order valence-corrected chi connectivity index (χ4v) is 3.27. The van der Waals surface area contributed by atoms with E-state index in [2.05, 4.69) is 42.3 Å². The fourth-order valence-electron chi connectivity index (χ4n) is 3.27. The molecule has 24 heavy (non-hydrogen) atoms. The van der Waals surface area contributed by atoms with Crippen LogP contribution in [-0.2, 0) is 16.1 Å². The first-order valence-electron chi connectivity index (χ1n) is 8.20. The molecule has 1 aliphatic rings. The smallest absolute Gasteiger partial charge is 0.227 e. The standard InChI is InChI=1S/C18H25N3O2.ClH/c1-12-13(2)21-16-4-3-14(9-15(12)16)10-20-17(22)18(11-19)5-7-23-8-6-18;/h3-4,9,21H,5-8,10-11,19H2,1-2H3,(H,20,22);1H. The summed E-state index contributed by atoms with van der Waals surface area (Å²) >= 11 is 0. The highest BCUT2D eigenvalue weighted by Crippen LogP contribution is 2.29. The average molecular weight is 352 g/mol. The number of nitrogens with two attached hydrogens (primary N) is 1. The zero-order valence-electron chi connectivity index (χ0n) is 14.3. The molecule has 1 aliphatic heterocycles. The van der Waals surface area contributed by atoms with E-state index in [1.54, 1.807) is 0 Å². The van der Waals surface area contributed by atoms with Crippen LogP contribution in [-0.4, -0.2) is 30.6 Å². The largest absolute Gasteiger partial charge is 0.381 e. The third-order valence-electron chi connectivity index (χ3n) is 5.15. The highest BCUT2D eigenvalue weighted by molar-refractivity contribution is 5.86. The van der Waals surface area contributed by atoms with E-state index in [0.717, 1.165) is 11.1 Å². The fraction of sp³-hybridized carbons (Fsp3) is 0.500. The van der Waals surface area contributed by atoms with Crippen molar-refractivity contribution in [3.63, 3.8) is 0 Å². The molecule has 1 aromatic carbocycles. The van der Waals surface area contributed by atoms with E-state index in [4.69, 9.17) is 10.5 Å². The number of carbonyl (C=O) groups is 1. The first kappa shape index (κ1) is 18.8. The molecule has 0 aliphatic carbocycles. The van der Waals surface area contributed by atoms with Crippen LogP contribution in [0.4, 0.5) is 0 Å². The van der Waals surface area contributed by atoms with Gasteiger partial charge in [-0.3, -0.25) is 4.79 Å². The van der Waals surface area contributed by atoms with Crippen molar-refractivity contribution < 1.29 is 9.53 Å². The Morgan fingerprint density at radius 3 is 2.71 bits per heavy atom. The lowest BCUT2D eigenvalue weighted by Gasteiger charge is -2.34. The molecule has 1 amide bonds. The van der Waals surface area contributed by atoms with E-state index in [9.17, 15) is 4.79 Å². The highest BCUT2D eigenvalue weighted by atomic mass is 35.5. The van der Waals surface area contributed by atoms with Gasteiger partial charge in [0.2, 0.25) is 5.91 Å². The molecule has 0 spiro atoms. The Hall–Kier alpha value is -1.56. The number of aromatic amines is 1. The van der Waals surface area contributed by atoms with Gasteiger partial charge in [0.05, 0.1) is 5.41 Å². The van der Waals surface area contributed by atoms with Gasteiger partial charge >= 0.3 is 0 Å². The van der Waals surface area contributed by atoms with Crippen molar-refractivity contribution in [2.45, 2.75) is 33.2 Å². The van der Waals surface area contributed by atoms with Gasteiger partial charge in [-0.05, 0) is 49.9 Å². The summed E-state index contributed by atoms with van der Waals surface area (Å²) in [7, 11) is 0. The predicted molar refractivity (Wildman–Crippen MR) is 98.4 cm³/mol. The lowest BCUT2D eigenvalue weighted by molar-refractivity contribution is -0.136. The van der Waals surface area contributed by atoms with Crippen molar-refractivity contribution in [3.05, 3.63) is 35.0 Å². The number of H-pyrrole nitrogens is 1. The number of halogens is 1. The number of aromatic nitrogens is 1. The summed E-state index contributed by atoms with van der Waals surface area (Å²) in [6.45, 7) is 6.31. The molecule has 1 saturated heterocycles. The topological polar surface area (TPSA) is 80.1 Å². The third-order valence-corrected chi connectivity index (χ3v) is 5.15. The quantitative estimate of drug-likeness (QED) is 0.792. The van der Waals surface area contributed by atoms with E-state index in [1.165, 1.54) is 16.6 Å². The van der Waals surface area contributed by atoms with Crippen LogP contribution < -0.4 is 11.1 Å². The molecule has 132 valence electrons. The summed E-state index contributed by atoms with van der Waals surface area (Å²) in [4.78, 5) is 16.0. The molecule has 0 unspecified atom stereocenters. The molecule has 4 N–H and O–H groups in total. The van der Waals surface area contributed by atoms with Crippen LogP contribution in [0.3, 0.4) is 0 Å². The Morgan fingerprint density at radius 2 is 2.04 bits per heavy atom. The molecule has 1 aromatic heterocycles. The van der Waals surface area contributed by atoms with Crippen molar-refractivity contribution >= 4 is 29.2 Å². The van der Waals surface area contributed by atoms with Gasteiger partial charge in [0.25, 0.3) is 0 Å². The van der Waals surface area contributed by atoms with Crippen molar-refractivity contribution in [2.24, 2.45) is 11.1 Å². The zero-order valence-corrected chi connectivity index (χ0v) is 15.1. The van der Waals surface area contributed by atoms with Gasteiger partial charge in [-0.1, -0.05) is 6.07 Å². The molecule has 1 fully saturated rings. The lowest BCUT2D eigenvalue weighted by atomic mass is 9.79. The number of hydrogen-bond acceptors (Lipinski definition) is 3. The van der Waals surface area contributed by atoms with E-state index in [1.807, 2.05) is 0 Å². The first-order chi connectivity index (χ1) is 11.1. The number of nitrogens with one attached hydrogen (secondary N) is 2. The van der Waals surface area contributed by atoms with E-state index in [-0.39, 0.29) is 18.3 Å². The number of benzene rings is 1. The van der Waals surface area contributed by atoms with E-state index in [0.29, 0.717) is 39.1 Å². The Labute approximate surface area is 148 Å². The molecule has 0 bridgehead atoms. The molecule has 0 atom stereocenters. The summed E-state index contributed by atoms with van der Waals surface area (Å²) in [5, 5.41) is 4.28. The van der Waals surface area contributed by atoms with Crippen LogP contribution >= 0.6 is 12.4 Å².